The Hall–Kier alpha value is -3.47. The van der Waals surface area contributed by atoms with Gasteiger partial charge < -0.3 is 31.7 Å². The third kappa shape index (κ3) is 6.68. The lowest BCUT2D eigenvalue weighted by Gasteiger charge is -2.14. The number of nitrogens with zero attached hydrogens (tertiary/aromatic N) is 2. The molecule has 1 heterocycles. The fourth-order valence-electron chi connectivity index (χ4n) is 2.33. The van der Waals surface area contributed by atoms with Crippen LogP contribution in [0.1, 0.15) is 36.2 Å². The van der Waals surface area contributed by atoms with Crippen LogP contribution in [-0.4, -0.2) is 39.2 Å². The average Bonchev–Trinajstić information content (AvgIpc) is 3.14. The molecule has 3 amide bonds. The molecule has 0 saturated heterocycles. The highest BCUT2D eigenvalue weighted by Gasteiger charge is 2.21. The Balaban J connectivity index is 1.84. The molecule has 0 aliphatic carbocycles. The fraction of sp³-hybridized carbons (Fsp3) is 0.353. The topological polar surface area (TPSA) is 186 Å². The van der Waals surface area contributed by atoms with Gasteiger partial charge in [-0.05, 0) is 12.0 Å². The van der Waals surface area contributed by atoms with Gasteiger partial charge in [-0.25, -0.2) is 9.59 Å². The molecule has 0 unspecified atom stereocenters. The molecule has 0 aliphatic rings. The van der Waals surface area contributed by atoms with Gasteiger partial charge in [0.15, 0.2) is 5.82 Å². The number of primary amides is 1. The van der Waals surface area contributed by atoms with Crippen molar-refractivity contribution in [2.24, 2.45) is 11.5 Å². The van der Waals surface area contributed by atoms with Crippen LogP contribution < -0.4 is 22.1 Å². The van der Waals surface area contributed by atoms with Crippen LogP contribution >= 0.6 is 0 Å². The van der Waals surface area contributed by atoms with Crippen molar-refractivity contribution in [1.82, 2.24) is 20.8 Å². The summed E-state index contributed by atoms with van der Waals surface area (Å²) in [7, 11) is 0. The lowest BCUT2D eigenvalue weighted by atomic mass is 10.1. The number of amides is 3. The van der Waals surface area contributed by atoms with Crippen molar-refractivity contribution >= 4 is 17.9 Å². The maximum absolute atomic E-state index is 12.0. The van der Waals surface area contributed by atoms with Crippen molar-refractivity contribution in [2.75, 3.05) is 0 Å². The molecule has 1 aromatic carbocycles. The molecular formula is C17H22N6O5. The third-order valence-electron chi connectivity index (χ3n) is 3.80. The molecule has 0 saturated carbocycles. The first kappa shape index (κ1) is 20.8. The van der Waals surface area contributed by atoms with E-state index in [9.17, 15) is 19.5 Å². The minimum Gasteiger partial charge on any atom is -0.480 e. The Morgan fingerprint density at radius 2 is 1.93 bits per heavy atom. The van der Waals surface area contributed by atoms with Crippen molar-refractivity contribution < 1.29 is 24.0 Å². The largest absolute Gasteiger partial charge is 0.480 e. The summed E-state index contributed by atoms with van der Waals surface area (Å²) in [5.41, 5.74) is 11.7. The van der Waals surface area contributed by atoms with Gasteiger partial charge >= 0.3 is 12.0 Å². The standard InChI is InChI=1S/C17H22N6O5/c18-11(6-7-13(19)24)15-22-14(28-23-15)9-20-17(27)21-12(16(25)26)8-10-4-2-1-3-5-10/h1-5,11-12H,6-9,18H2,(H2,19,24)(H,25,26)(H2,20,21,27)/t11-,12-/m0/s1. The van der Waals surface area contributed by atoms with Gasteiger partial charge in [0.2, 0.25) is 11.8 Å². The number of hydrogen-bond acceptors (Lipinski definition) is 7. The molecule has 2 rings (SSSR count). The molecule has 0 radical (unpaired) electrons. The van der Waals surface area contributed by atoms with Crippen LogP contribution in [0, 0.1) is 0 Å². The Morgan fingerprint density at radius 1 is 1.21 bits per heavy atom. The molecule has 0 fully saturated rings. The highest BCUT2D eigenvalue weighted by atomic mass is 16.5. The van der Waals surface area contributed by atoms with E-state index in [1.54, 1.807) is 24.3 Å². The van der Waals surface area contributed by atoms with Gasteiger partial charge in [0.1, 0.15) is 6.04 Å². The molecular weight excluding hydrogens is 368 g/mol. The third-order valence-corrected chi connectivity index (χ3v) is 3.80. The van der Waals surface area contributed by atoms with Crippen molar-refractivity contribution in [2.45, 2.75) is 37.9 Å². The summed E-state index contributed by atoms with van der Waals surface area (Å²) in [5.74, 6) is -1.36. The summed E-state index contributed by atoms with van der Waals surface area (Å²) < 4.78 is 4.97. The van der Waals surface area contributed by atoms with Gasteiger partial charge in [-0.3, -0.25) is 4.79 Å². The number of aromatic nitrogens is 2. The predicted molar refractivity (Wildman–Crippen MR) is 96.6 cm³/mol. The molecule has 0 aliphatic heterocycles. The number of carbonyl (C=O) groups excluding carboxylic acids is 2. The van der Waals surface area contributed by atoms with E-state index in [1.165, 1.54) is 0 Å². The summed E-state index contributed by atoms with van der Waals surface area (Å²) in [4.78, 5) is 38.2. The fourth-order valence-corrected chi connectivity index (χ4v) is 2.33. The number of hydrogen-bond donors (Lipinski definition) is 5. The number of nitrogens with two attached hydrogens (primary N) is 2. The second-order valence-corrected chi connectivity index (χ2v) is 6.07. The zero-order valence-corrected chi connectivity index (χ0v) is 15.0. The molecule has 150 valence electrons. The van der Waals surface area contributed by atoms with Gasteiger partial charge in [-0.2, -0.15) is 4.98 Å². The van der Waals surface area contributed by atoms with Crippen molar-refractivity contribution in [3.05, 3.63) is 47.6 Å². The minimum absolute atomic E-state index is 0.0870. The lowest BCUT2D eigenvalue weighted by Crippen LogP contribution is -2.46. The highest BCUT2D eigenvalue weighted by molar-refractivity contribution is 5.82. The summed E-state index contributed by atoms with van der Waals surface area (Å²) in [5, 5.41) is 17.8. The molecule has 11 heteroatoms. The first-order chi connectivity index (χ1) is 13.3. The van der Waals surface area contributed by atoms with Gasteiger partial charge in [0, 0.05) is 12.8 Å². The summed E-state index contributed by atoms with van der Waals surface area (Å²) in [6.07, 6.45) is 0.495. The molecule has 1 aromatic heterocycles. The van der Waals surface area contributed by atoms with E-state index in [2.05, 4.69) is 20.8 Å². The maximum atomic E-state index is 12.0. The number of rotatable bonds is 10. The molecule has 0 bridgehead atoms. The summed E-state index contributed by atoms with van der Waals surface area (Å²) in [6, 6.07) is 6.53. The van der Waals surface area contributed by atoms with Crippen molar-refractivity contribution in [1.29, 1.82) is 0 Å². The van der Waals surface area contributed by atoms with Crippen LogP contribution in [0.5, 0.6) is 0 Å². The van der Waals surface area contributed by atoms with E-state index in [4.69, 9.17) is 16.0 Å². The molecule has 0 spiro atoms. The van der Waals surface area contributed by atoms with Gasteiger partial charge in [0.05, 0.1) is 12.6 Å². The zero-order chi connectivity index (χ0) is 20.5. The van der Waals surface area contributed by atoms with E-state index >= 15 is 0 Å². The van der Waals surface area contributed by atoms with Crippen LogP contribution in [0.15, 0.2) is 34.9 Å². The van der Waals surface area contributed by atoms with E-state index in [1.807, 2.05) is 6.07 Å². The normalized spacial score (nSPS) is 12.8. The quantitative estimate of drug-likeness (QED) is 0.370. The average molecular weight is 390 g/mol. The van der Waals surface area contributed by atoms with Crippen molar-refractivity contribution in [3.63, 3.8) is 0 Å². The van der Waals surface area contributed by atoms with Crippen molar-refractivity contribution in [3.8, 4) is 0 Å². The predicted octanol–water partition coefficient (Wildman–Crippen LogP) is -0.170. The smallest absolute Gasteiger partial charge is 0.326 e. The number of carboxylic acid groups (broad SMARTS) is 1. The van der Waals surface area contributed by atoms with E-state index in [-0.39, 0.29) is 37.5 Å². The second kappa shape index (κ2) is 10.0. The number of carboxylic acids is 1. The number of benzene rings is 1. The first-order valence-electron chi connectivity index (χ1n) is 8.52. The summed E-state index contributed by atoms with van der Waals surface area (Å²) in [6.45, 7) is -0.112. The molecule has 2 atom stereocenters. The van der Waals surface area contributed by atoms with Crippen LogP contribution in [-0.2, 0) is 22.6 Å². The lowest BCUT2D eigenvalue weighted by molar-refractivity contribution is -0.139. The first-order valence-corrected chi connectivity index (χ1v) is 8.52. The Kier molecular flexibility index (Phi) is 7.45. The zero-order valence-electron chi connectivity index (χ0n) is 15.0. The Morgan fingerprint density at radius 3 is 2.57 bits per heavy atom. The Bertz CT molecular complexity index is 809. The van der Waals surface area contributed by atoms with Gasteiger partial charge in [0.25, 0.3) is 0 Å². The van der Waals surface area contributed by atoms with Crippen LogP contribution in [0.25, 0.3) is 0 Å². The maximum Gasteiger partial charge on any atom is 0.326 e. The van der Waals surface area contributed by atoms with E-state index in [0.717, 1.165) is 5.56 Å². The van der Waals surface area contributed by atoms with Crippen LogP contribution in [0.4, 0.5) is 4.79 Å². The van der Waals surface area contributed by atoms with Gasteiger partial charge in [-0.15, -0.1) is 0 Å². The van der Waals surface area contributed by atoms with Gasteiger partial charge in [-0.1, -0.05) is 35.5 Å². The number of aliphatic carboxylic acids is 1. The SMILES string of the molecule is NC(=O)CC[C@H](N)c1noc(CNC(=O)N[C@@H](Cc2ccccc2)C(=O)O)n1. The molecule has 7 N–H and O–H groups in total. The second-order valence-electron chi connectivity index (χ2n) is 6.07. The van der Waals surface area contributed by atoms with E-state index < -0.39 is 30.0 Å². The number of nitrogens with one attached hydrogen (secondary N) is 2. The highest BCUT2D eigenvalue weighted by Crippen LogP contribution is 2.12. The van der Waals surface area contributed by atoms with Crippen LogP contribution in [0.3, 0.4) is 0 Å². The Labute approximate surface area is 160 Å². The molecule has 28 heavy (non-hydrogen) atoms. The number of urea groups is 1. The number of carbonyl (C=O) groups is 3. The van der Waals surface area contributed by atoms with Crippen LogP contribution in [0.2, 0.25) is 0 Å². The van der Waals surface area contributed by atoms with E-state index in [0.29, 0.717) is 0 Å². The molecule has 2 aromatic rings. The monoisotopic (exact) mass is 390 g/mol. The molecule has 11 nitrogen and oxygen atoms in total. The minimum atomic E-state index is -1.15. The summed E-state index contributed by atoms with van der Waals surface area (Å²) >= 11 is 0.